The highest BCUT2D eigenvalue weighted by molar-refractivity contribution is 5.33. The number of hydrogen-bond donors (Lipinski definition) is 3. The molecule has 1 fully saturated rings. The van der Waals surface area contributed by atoms with Crippen molar-refractivity contribution in [1.29, 1.82) is 0 Å². The molecule has 0 unspecified atom stereocenters. The maximum absolute atomic E-state index is 11.1. The van der Waals surface area contributed by atoms with Gasteiger partial charge in [-0.2, -0.15) is 0 Å². The van der Waals surface area contributed by atoms with Gasteiger partial charge in [-0.05, 0) is 12.8 Å². The number of rotatable bonds is 2. The summed E-state index contributed by atoms with van der Waals surface area (Å²) < 4.78 is 0. The van der Waals surface area contributed by atoms with Crippen LogP contribution in [-0.4, -0.2) is 27.2 Å². The molecule has 1 aliphatic carbocycles. The number of aliphatic hydroxyl groups excluding tert-OH is 1. The third kappa shape index (κ3) is 1.55. The van der Waals surface area contributed by atoms with E-state index in [9.17, 15) is 9.90 Å². The van der Waals surface area contributed by atoms with Crippen LogP contribution in [0.25, 0.3) is 0 Å². The van der Waals surface area contributed by atoms with Gasteiger partial charge in [-0.1, -0.05) is 0 Å². The van der Waals surface area contributed by atoms with E-state index in [1.807, 2.05) is 0 Å². The lowest BCUT2D eigenvalue weighted by Gasteiger charge is -2.32. The van der Waals surface area contributed by atoms with Crippen LogP contribution in [0.15, 0.2) is 17.2 Å². The molecule has 5 heteroatoms. The highest BCUT2D eigenvalue weighted by Gasteiger charge is 2.29. The smallest absolute Gasteiger partial charge is 0.290 e. The van der Waals surface area contributed by atoms with Crippen molar-refractivity contribution in [3.8, 4) is 0 Å². The van der Waals surface area contributed by atoms with Gasteiger partial charge in [-0.3, -0.25) is 4.79 Å². The van der Waals surface area contributed by atoms with Gasteiger partial charge in [-0.15, -0.1) is 0 Å². The summed E-state index contributed by atoms with van der Waals surface area (Å²) in [6, 6.07) is -0.0176. The normalized spacial score (nSPS) is 26.5. The van der Waals surface area contributed by atoms with E-state index < -0.39 is 0 Å². The first kappa shape index (κ1) is 8.25. The molecule has 1 aromatic rings. The van der Waals surface area contributed by atoms with E-state index in [0.29, 0.717) is 0 Å². The Labute approximate surface area is 74.8 Å². The number of aromatic nitrogens is 2. The monoisotopic (exact) mass is 181 g/mol. The van der Waals surface area contributed by atoms with Crippen LogP contribution >= 0.6 is 0 Å². The standard InChI is InChI=1S/C8H11N3O2/c12-6-2-1-5(6)11-7-8(13)10-4-3-9-7/h3-6,12H,1-2H2,(H,9,11)(H,10,13)/t5-,6-/m1/s1. The Balaban J connectivity index is 2.09. The fraction of sp³-hybridized carbons (Fsp3) is 0.500. The molecular formula is C8H11N3O2. The van der Waals surface area contributed by atoms with Crippen molar-refractivity contribution >= 4 is 5.82 Å². The molecule has 2 atom stereocenters. The number of hydrogen-bond acceptors (Lipinski definition) is 4. The van der Waals surface area contributed by atoms with Crippen molar-refractivity contribution < 1.29 is 5.11 Å². The van der Waals surface area contributed by atoms with Gasteiger partial charge in [0.1, 0.15) is 0 Å². The predicted octanol–water partition coefficient (Wildman–Crippen LogP) is -0.295. The van der Waals surface area contributed by atoms with Crippen LogP contribution in [0.3, 0.4) is 0 Å². The number of aliphatic hydroxyl groups is 1. The summed E-state index contributed by atoms with van der Waals surface area (Å²) in [5.41, 5.74) is -0.249. The van der Waals surface area contributed by atoms with Gasteiger partial charge in [0, 0.05) is 12.4 Å². The van der Waals surface area contributed by atoms with Gasteiger partial charge in [0.15, 0.2) is 5.82 Å². The molecule has 13 heavy (non-hydrogen) atoms. The Hall–Kier alpha value is -1.36. The molecule has 0 saturated heterocycles. The maximum Gasteiger partial charge on any atom is 0.290 e. The van der Waals surface area contributed by atoms with E-state index >= 15 is 0 Å². The lowest BCUT2D eigenvalue weighted by Crippen LogP contribution is -2.44. The van der Waals surface area contributed by atoms with Gasteiger partial charge in [-0.25, -0.2) is 4.98 Å². The summed E-state index contributed by atoms with van der Waals surface area (Å²) in [5.74, 6) is 0.284. The summed E-state index contributed by atoms with van der Waals surface area (Å²) in [5, 5.41) is 12.1. The van der Waals surface area contributed by atoms with Gasteiger partial charge >= 0.3 is 0 Å². The van der Waals surface area contributed by atoms with Crippen LogP contribution in [0.1, 0.15) is 12.8 Å². The van der Waals surface area contributed by atoms with Crippen LogP contribution < -0.4 is 10.9 Å². The van der Waals surface area contributed by atoms with Gasteiger partial charge < -0.3 is 15.4 Å². The summed E-state index contributed by atoms with van der Waals surface area (Å²) in [6.45, 7) is 0. The Bertz CT molecular complexity index is 349. The second kappa shape index (κ2) is 3.18. The largest absolute Gasteiger partial charge is 0.391 e. The molecule has 3 N–H and O–H groups in total. The zero-order valence-corrected chi connectivity index (χ0v) is 7.03. The first-order valence-corrected chi connectivity index (χ1v) is 4.25. The summed E-state index contributed by atoms with van der Waals surface area (Å²) in [4.78, 5) is 17.5. The van der Waals surface area contributed by atoms with Crippen molar-refractivity contribution in [2.45, 2.75) is 25.0 Å². The fourth-order valence-electron chi connectivity index (χ4n) is 1.28. The lowest BCUT2D eigenvalue weighted by atomic mass is 9.89. The number of nitrogens with one attached hydrogen (secondary N) is 2. The zero-order chi connectivity index (χ0) is 9.26. The van der Waals surface area contributed by atoms with Crippen LogP contribution in [0, 0.1) is 0 Å². The molecule has 0 amide bonds. The first-order chi connectivity index (χ1) is 6.27. The van der Waals surface area contributed by atoms with E-state index in [-0.39, 0.29) is 23.5 Å². The average molecular weight is 181 g/mol. The summed E-state index contributed by atoms with van der Waals surface area (Å²) in [7, 11) is 0. The lowest BCUT2D eigenvalue weighted by molar-refractivity contribution is 0.0783. The minimum Gasteiger partial charge on any atom is -0.391 e. The molecule has 1 saturated carbocycles. The second-order valence-corrected chi connectivity index (χ2v) is 3.16. The van der Waals surface area contributed by atoms with E-state index in [0.717, 1.165) is 12.8 Å². The predicted molar refractivity (Wildman–Crippen MR) is 47.5 cm³/mol. The average Bonchev–Trinajstić information content (AvgIpc) is 2.14. The maximum atomic E-state index is 11.1. The molecule has 0 aromatic carbocycles. The molecule has 5 nitrogen and oxygen atoms in total. The van der Waals surface area contributed by atoms with Crippen LogP contribution in [-0.2, 0) is 0 Å². The van der Waals surface area contributed by atoms with E-state index in [4.69, 9.17) is 0 Å². The van der Waals surface area contributed by atoms with Crippen LogP contribution in [0.5, 0.6) is 0 Å². The minimum absolute atomic E-state index is 0.0176. The SMILES string of the molecule is O=c1[nH]ccnc1N[C@@H]1CC[C@H]1O. The first-order valence-electron chi connectivity index (χ1n) is 4.25. The van der Waals surface area contributed by atoms with Crippen molar-refractivity contribution in [1.82, 2.24) is 9.97 Å². The molecule has 2 rings (SSSR count). The third-order valence-electron chi connectivity index (χ3n) is 2.27. The highest BCUT2D eigenvalue weighted by atomic mass is 16.3. The number of anilines is 1. The topological polar surface area (TPSA) is 78.0 Å². The van der Waals surface area contributed by atoms with Gasteiger partial charge in [0.2, 0.25) is 0 Å². The van der Waals surface area contributed by atoms with Crippen molar-refractivity contribution in [2.75, 3.05) is 5.32 Å². The number of H-pyrrole nitrogens is 1. The van der Waals surface area contributed by atoms with Crippen molar-refractivity contribution in [2.24, 2.45) is 0 Å². The molecular weight excluding hydrogens is 170 g/mol. The van der Waals surface area contributed by atoms with Crippen LogP contribution in [0.2, 0.25) is 0 Å². The number of aromatic amines is 1. The zero-order valence-electron chi connectivity index (χ0n) is 7.03. The molecule has 0 aliphatic heterocycles. The molecule has 1 heterocycles. The van der Waals surface area contributed by atoms with E-state index in [2.05, 4.69) is 15.3 Å². The van der Waals surface area contributed by atoms with E-state index in [1.54, 1.807) is 0 Å². The van der Waals surface area contributed by atoms with Gasteiger partial charge in [0.25, 0.3) is 5.56 Å². The van der Waals surface area contributed by atoms with E-state index in [1.165, 1.54) is 12.4 Å². The quantitative estimate of drug-likeness (QED) is 0.585. The summed E-state index contributed by atoms with van der Waals surface area (Å²) in [6.07, 6.45) is 4.32. The highest BCUT2D eigenvalue weighted by Crippen LogP contribution is 2.21. The molecule has 1 aliphatic rings. The number of nitrogens with zero attached hydrogens (tertiary/aromatic N) is 1. The Morgan fingerprint density at radius 3 is 3.00 bits per heavy atom. The van der Waals surface area contributed by atoms with Crippen molar-refractivity contribution in [3.05, 3.63) is 22.7 Å². The summed E-state index contributed by atoms with van der Waals surface area (Å²) >= 11 is 0. The minimum atomic E-state index is -0.346. The third-order valence-corrected chi connectivity index (χ3v) is 2.27. The Morgan fingerprint density at radius 1 is 1.62 bits per heavy atom. The molecule has 70 valence electrons. The molecule has 0 radical (unpaired) electrons. The Kier molecular flexibility index (Phi) is 2.02. The molecule has 0 bridgehead atoms. The van der Waals surface area contributed by atoms with Crippen molar-refractivity contribution in [3.63, 3.8) is 0 Å². The fourth-order valence-corrected chi connectivity index (χ4v) is 1.28. The molecule has 0 spiro atoms. The molecule has 1 aromatic heterocycles. The Morgan fingerprint density at radius 2 is 2.46 bits per heavy atom. The second-order valence-electron chi connectivity index (χ2n) is 3.16. The van der Waals surface area contributed by atoms with Gasteiger partial charge in [0.05, 0.1) is 12.1 Å². The van der Waals surface area contributed by atoms with Crippen LogP contribution in [0.4, 0.5) is 5.82 Å².